The fourth-order valence-corrected chi connectivity index (χ4v) is 1.90. The third kappa shape index (κ3) is 3.50. The first kappa shape index (κ1) is 14.4. The van der Waals surface area contributed by atoms with Crippen LogP contribution < -0.4 is 11.2 Å². The third-order valence-electron chi connectivity index (χ3n) is 3.18. The van der Waals surface area contributed by atoms with Crippen molar-refractivity contribution < 1.29 is 0 Å². The van der Waals surface area contributed by atoms with Gasteiger partial charge in [0.2, 0.25) is 0 Å². The van der Waals surface area contributed by atoms with Crippen molar-refractivity contribution in [1.82, 2.24) is 0 Å². The molecule has 3 heteroatoms. The van der Waals surface area contributed by atoms with Crippen molar-refractivity contribution in [1.29, 1.82) is 0 Å². The molecule has 0 amide bonds. The Balaban J connectivity index is 2.30. The van der Waals surface area contributed by atoms with E-state index in [1.165, 1.54) is 5.56 Å². The molecule has 2 rings (SSSR count). The molecular formula is C17H19BN2. The summed E-state index contributed by atoms with van der Waals surface area (Å²) < 4.78 is 0. The predicted octanol–water partition coefficient (Wildman–Crippen LogP) is 3.11. The monoisotopic (exact) mass is 262 g/mol. The van der Waals surface area contributed by atoms with Gasteiger partial charge in [-0.25, -0.2) is 0 Å². The van der Waals surface area contributed by atoms with Crippen molar-refractivity contribution >= 4 is 30.9 Å². The number of hydrogen-bond acceptors (Lipinski definition) is 2. The van der Waals surface area contributed by atoms with Crippen LogP contribution in [0.1, 0.15) is 31.9 Å². The van der Waals surface area contributed by atoms with E-state index in [1.54, 1.807) is 18.3 Å². The molecule has 0 spiro atoms. The van der Waals surface area contributed by atoms with Crippen LogP contribution in [0.15, 0.2) is 47.5 Å². The molecule has 0 saturated carbocycles. The summed E-state index contributed by atoms with van der Waals surface area (Å²) in [7, 11) is 5.76. The molecule has 2 aromatic carbocycles. The highest BCUT2D eigenvalue weighted by Crippen LogP contribution is 2.25. The van der Waals surface area contributed by atoms with E-state index in [2.05, 4.69) is 37.9 Å². The highest BCUT2D eigenvalue weighted by atomic mass is 14.7. The average molecular weight is 262 g/mol. The van der Waals surface area contributed by atoms with Crippen LogP contribution in [-0.4, -0.2) is 14.1 Å². The van der Waals surface area contributed by atoms with E-state index in [1.807, 2.05) is 18.2 Å². The summed E-state index contributed by atoms with van der Waals surface area (Å²) in [5.41, 5.74) is 10.4. The highest BCUT2D eigenvalue weighted by Gasteiger charge is 2.13. The maximum atomic E-state index is 5.91. The van der Waals surface area contributed by atoms with Crippen molar-refractivity contribution in [3.8, 4) is 0 Å². The van der Waals surface area contributed by atoms with E-state index in [0.717, 1.165) is 11.3 Å². The van der Waals surface area contributed by atoms with Gasteiger partial charge in [0.05, 0.1) is 5.69 Å². The molecule has 0 fully saturated rings. The summed E-state index contributed by atoms with van der Waals surface area (Å²) in [5, 5.41) is 0. The predicted molar refractivity (Wildman–Crippen MR) is 88.6 cm³/mol. The number of benzene rings is 2. The zero-order chi connectivity index (χ0) is 14.8. The van der Waals surface area contributed by atoms with Crippen molar-refractivity contribution in [2.24, 2.45) is 4.99 Å². The standard InChI is InChI=1S/C17H19BN2/c1-17(2,3)13-5-4-6-15(10-13)20-11-12-9-14(18)7-8-16(12)19/h4-11H,19H2,1-3H3. The van der Waals surface area contributed by atoms with Crippen molar-refractivity contribution in [3.63, 3.8) is 0 Å². The molecule has 0 unspecified atom stereocenters. The first-order valence-electron chi connectivity index (χ1n) is 6.66. The van der Waals surface area contributed by atoms with Gasteiger partial charge in [-0.15, -0.1) is 0 Å². The Morgan fingerprint density at radius 2 is 1.85 bits per heavy atom. The lowest BCUT2D eigenvalue weighted by atomic mass is 9.87. The second-order valence-corrected chi connectivity index (χ2v) is 5.95. The minimum Gasteiger partial charge on any atom is -0.398 e. The van der Waals surface area contributed by atoms with E-state index in [9.17, 15) is 0 Å². The molecule has 2 radical (unpaired) electrons. The molecule has 20 heavy (non-hydrogen) atoms. The number of anilines is 1. The molecule has 0 bridgehead atoms. The Hall–Kier alpha value is -2.03. The molecule has 0 aliphatic heterocycles. The minimum atomic E-state index is 0.113. The molecule has 2 N–H and O–H groups in total. The van der Waals surface area contributed by atoms with Crippen LogP contribution in [0.3, 0.4) is 0 Å². The van der Waals surface area contributed by atoms with Gasteiger partial charge in [0.1, 0.15) is 7.85 Å². The van der Waals surface area contributed by atoms with E-state index in [-0.39, 0.29) is 5.41 Å². The van der Waals surface area contributed by atoms with Gasteiger partial charge in [0.15, 0.2) is 0 Å². The number of aliphatic imine (C=N–C) groups is 1. The smallest absolute Gasteiger partial charge is 0.113 e. The Morgan fingerprint density at radius 1 is 1.10 bits per heavy atom. The molecule has 0 aliphatic rings. The number of hydrogen-bond donors (Lipinski definition) is 1. The van der Waals surface area contributed by atoms with Crippen LogP contribution in [0.4, 0.5) is 11.4 Å². The maximum Gasteiger partial charge on any atom is 0.113 e. The lowest BCUT2D eigenvalue weighted by Crippen LogP contribution is -2.10. The SMILES string of the molecule is [B]c1ccc(N)c(C=Nc2cccc(C(C)(C)C)c2)c1. The lowest BCUT2D eigenvalue weighted by molar-refractivity contribution is 0.590. The molecule has 0 heterocycles. The second-order valence-electron chi connectivity index (χ2n) is 5.95. The van der Waals surface area contributed by atoms with Gasteiger partial charge in [-0.3, -0.25) is 4.99 Å². The summed E-state index contributed by atoms with van der Waals surface area (Å²) in [5.74, 6) is 0. The second kappa shape index (κ2) is 5.54. The summed E-state index contributed by atoms with van der Waals surface area (Å²) in [4.78, 5) is 4.49. The first-order chi connectivity index (χ1) is 9.36. The summed E-state index contributed by atoms with van der Waals surface area (Å²) in [6.45, 7) is 6.56. The highest BCUT2D eigenvalue weighted by molar-refractivity contribution is 6.32. The van der Waals surface area contributed by atoms with Crippen LogP contribution in [-0.2, 0) is 5.41 Å². The zero-order valence-corrected chi connectivity index (χ0v) is 12.2. The van der Waals surface area contributed by atoms with Gasteiger partial charge >= 0.3 is 0 Å². The summed E-state index contributed by atoms with van der Waals surface area (Å²) in [6, 6.07) is 13.6. The zero-order valence-electron chi connectivity index (χ0n) is 12.2. The topological polar surface area (TPSA) is 38.4 Å². The largest absolute Gasteiger partial charge is 0.398 e. The van der Waals surface area contributed by atoms with Crippen LogP contribution in [0, 0.1) is 0 Å². The molecule has 0 aromatic heterocycles. The Kier molecular flexibility index (Phi) is 3.98. The van der Waals surface area contributed by atoms with Crippen LogP contribution >= 0.6 is 0 Å². The molecule has 0 saturated heterocycles. The van der Waals surface area contributed by atoms with E-state index in [0.29, 0.717) is 11.2 Å². The molecular weight excluding hydrogens is 243 g/mol. The van der Waals surface area contributed by atoms with Crippen LogP contribution in [0.2, 0.25) is 0 Å². The van der Waals surface area contributed by atoms with E-state index < -0.39 is 0 Å². The summed E-state index contributed by atoms with van der Waals surface area (Å²) >= 11 is 0. The average Bonchev–Trinajstić information content (AvgIpc) is 2.39. The van der Waals surface area contributed by atoms with Crippen molar-refractivity contribution in [3.05, 3.63) is 53.6 Å². The van der Waals surface area contributed by atoms with E-state index >= 15 is 0 Å². The van der Waals surface area contributed by atoms with Gasteiger partial charge < -0.3 is 5.73 Å². The molecule has 2 aromatic rings. The normalized spacial score (nSPS) is 11.9. The molecule has 0 atom stereocenters. The minimum absolute atomic E-state index is 0.113. The number of nitrogens with zero attached hydrogens (tertiary/aromatic N) is 1. The summed E-state index contributed by atoms with van der Waals surface area (Å²) in [6.07, 6.45) is 1.76. The number of rotatable bonds is 2. The molecule has 0 aliphatic carbocycles. The first-order valence-corrected chi connectivity index (χ1v) is 6.66. The van der Waals surface area contributed by atoms with E-state index in [4.69, 9.17) is 13.6 Å². The maximum absolute atomic E-state index is 5.91. The van der Waals surface area contributed by atoms with Crippen molar-refractivity contribution in [2.45, 2.75) is 26.2 Å². The lowest BCUT2D eigenvalue weighted by Gasteiger charge is -2.18. The third-order valence-corrected chi connectivity index (χ3v) is 3.18. The molecule has 2 nitrogen and oxygen atoms in total. The van der Waals surface area contributed by atoms with Crippen LogP contribution in [0.25, 0.3) is 0 Å². The number of nitrogens with two attached hydrogens (primary N) is 1. The Labute approximate surface area is 122 Å². The van der Waals surface area contributed by atoms with Gasteiger partial charge in [0, 0.05) is 17.5 Å². The van der Waals surface area contributed by atoms with Gasteiger partial charge in [-0.2, -0.15) is 0 Å². The quantitative estimate of drug-likeness (QED) is 0.504. The molecule has 100 valence electrons. The van der Waals surface area contributed by atoms with Crippen molar-refractivity contribution in [2.75, 3.05) is 5.73 Å². The number of nitrogen functional groups attached to an aromatic ring is 1. The Bertz CT molecular complexity index is 640. The van der Waals surface area contributed by atoms with Gasteiger partial charge in [0.25, 0.3) is 0 Å². The fourth-order valence-electron chi connectivity index (χ4n) is 1.90. The Morgan fingerprint density at radius 3 is 2.55 bits per heavy atom. The van der Waals surface area contributed by atoms with Gasteiger partial charge in [-0.1, -0.05) is 50.5 Å². The fraction of sp³-hybridized carbons (Fsp3) is 0.235. The van der Waals surface area contributed by atoms with Gasteiger partial charge in [-0.05, 0) is 29.2 Å². The van der Waals surface area contributed by atoms with Crippen LogP contribution in [0.5, 0.6) is 0 Å².